The lowest BCUT2D eigenvalue weighted by Crippen LogP contribution is -2.30. The van der Waals surface area contributed by atoms with Crippen LogP contribution >= 0.6 is 0 Å². The molecule has 0 radical (unpaired) electrons. The van der Waals surface area contributed by atoms with E-state index in [9.17, 15) is 4.79 Å². The lowest BCUT2D eigenvalue weighted by Gasteiger charge is -2.10. The van der Waals surface area contributed by atoms with Gasteiger partial charge in [0.25, 0.3) is 5.91 Å². The molecule has 1 saturated carbocycles. The minimum Gasteiger partial charge on any atom is -0.350 e. The van der Waals surface area contributed by atoms with Crippen LogP contribution in [-0.2, 0) is 13.5 Å². The molecule has 2 atom stereocenters. The van der Waals surface area contributed by atoms with E-state index in [1.165, 1.54) is 0 Å². The predicted octanol–water partition coefficient (Wildman–Crippen LogP) is 0.840. The van der Waals surface area contributed by atoms with Crippen molar-refractivity contribution in [1.82, 2.24) is 15.1 Å². The van der Waals surface area contributed by atoms with Crippen LogP contribution < -0.4 is 11.1 Å². The molecular weight excluding hydrogens is 228 g/mol. The third-order valence-electron chi connectivity index (χ3n) is 3.66. The summed E-state index contributed by atoms with van der Waals surface area (Å²) < 4.78 is 1.65. The summed E-state index contributed by atoms with van der Waals surface area (Å²) >= 11 is 0. The first kappa shape index (κ1) is 13.1. The summed E-state index contributed by atoms with van der Waals surface area (Å²) in [6.45, 7) is 2.75. The Morgan fingerprint density at radius 1 is 1.61 bits per heavy atom. The molecule has 0 saturated heterocycles. The van der Waals surface area contributed by atoms with Gasteiger partial charge in [-0.05, 0) is 37.7 Å². The lowest BCUT2D eigenvalue weighted by molar-refractivity contribution is 0.0938. The zero-order valence-corrected chi connectivity index (χ0v) is 11.1. The number of carbonyl (C=O) groups is 1. The normalized spacial score (nSPS) is 23.3. The Morgan fingerprint density at radius 3 is 2.94 bits per heavy atom. The van der Waals surface area contributed by atoms with Crippen LogP contribution in [0.25, 0.3) is 0 Å². The second-order valence-corrected chi connectivity index (χ2v) is 5.15. The number of nitrogens with two attached hydrogens (primary N) is 1. The van der Waals surface area contributed by atoms with Crippen molar-refractivity contribution < 1.29 is 4.79 Å². The van der Waals surface area contributed by atoms with E-state index in [2.05, 4.69) is 10.4 Å². The Balaban J connectivity index is 1.89. The highest BCUT2D eigenvalue weighted by Gasteiger charge is 2.22. The first-order valence-electron chi connectivity index (χ1n) is 6.66. The number of hydrogen-bond acceptors (Lipinski definition) is 3. The molecule has 1 heterocycles. The summed E-state index contributed by atoms with van der Waals surface area (Å²) in [6, 6.07) is 2.17. The van der Waals surface area contributed by atoms with Gasteiger partial charge in [0, 0.05) is 19.6 Å². The lowest BCUT2D eigenvalue weighted by atomic mass is 10.1. The first-order chi connectivity index (χ1) is 8.60. The van der Waals surface area contributed by atoms with Gasteiger partial charge in [-0.25, -0.2) is 0 Å². The van der Waals surface area contributed by atoms with E-state index in [1.807, 2.05) is 13.0 Å². The number of aryl methyl sites for hydroxylation is 2. The van der Waals surface area contributed by atoms with Gasteiger partial charge in [-0.3, -0.25) is 9.48 Å². The monoisotopic (exact) mass is 250 g/mol. The van der Waals surface area contributed by atoms with Gasteiger partial charge in [0.05, 0.1) is 5.69 Å². The molecule has 18 heavy (non-hydrogen) atoms. The first-order valence-corrected chi connectivity index (χ1v) is 6.66. The SMILES string of the molecule is CCc1cc(C(=O)NCC2CCC(N)C2)n(C)n1. The highest BCUT2D eigenvalue weighted by atomic mass is 16.2. The van der Waals surface area contributed by atoms with Crippen molar-refractivity contribution in [2.75, 3.05) is 6.54 Å². The Hall–Kier alpha value is -1.36. The number of nitrogens with one attached hydrogen (secondary N) is 1. The third kappa shape index (κ3) is 2.90. The second kappa shape index (κ2) is 5.52. The fourth-order valence-corrected chi connectivity index (χ4v) is 2.54. The zero-order chi connectivity index (χ0) is 13.1. The van der Waals surface area contributed by atoms with E-state index in [1.54, 1.807) is 11.7 Å². The van der Waals surface area contributed by atoms with E-state index in [0.29, 0.717) is 17.7 Å². The number of carbonyl (C=O) groups excluding carboxylic acids is 1. The molecule has 2 unspecified atom stereocenters. The van der Waals surface area contributed by atoms with Crippen molar-refractivity contribution in [1.29, 1.82) is 0 Å². The average Bonchev–Trinajstić information content (AvgIpc) is 2.92. The highest BCUT2D eigenvalue weighted by molar-refractivity contribution is 5.92. The minimum atomic E-state index is -0.0369. The number of nitrogens with zero attached hydrogens (tertiary/aromatic N) is 2. The van der Waals surface area contributed by atoms with Crippen molar-refractivity contribution in [2.24, 2.45) is 18.7 Å². The maximum atomic E-state index is 12.0. The summed E-state index contributed by atoms with van der Waals surface area (Å²) in [5.74, 6) is 0.494. The largest absolute Gasteiger partial charge is 0.350 e. The second-order valence-electron chi connectivity index (χ2n) is 5.15. The predicted molar refractivity (Wildman–Crippen MR) is 70.2 cm³/mol. The van der Waals surface area contributed by atoms with Crippen LogP contribution in [-0.4, -0.2) is 28.3 Å². The van der Waals surface area contributed by atoms with Gasteiger partial charge in [-0.2, -0.15) is 5.10 Å². The van der Waals surface area contributed by atoms with E-state index >= 15 is 0 Å². The van der Waals surface area contributed by atoms with Crippen LogP contribution in [0.5, 0.6) is 0 Å². The van der Waals surface area contributed by atoms with E-state index < -0.39 is 0 Å². The molecule has 1 aromatic rings. The Bertz CT molecular complexity index is 427. The summed E-state index contributed by atoms with van der Waals surface area (Å²) in [4.78, 5) is 12.0. The number of rotatable bonds is 4. The van der Waals surface area contributed by atoms with Crippen molar-refractivity contribution in [3.8, 4) is 0 Å². The van der Waals surface area contributed by atoms with Crippen LogP contribution in [0.15, 0.2) is 6.07 Å². The van der Waals surface area contributed by atoms with Gasteiger partial charge >= 0.3 is 0 Å². The molecule has 1 fully saturated rings. The van der Waals surface area contributed by atoms with Crippen LogP contribution in [0, 0.1) is 5.92 Å². The number of amides is 1. The van der Waals surface area contributed by atoms with Gasteiger partial charge in [0.15, 0.2) is 0 Å². The summed E-state index contributed by atoms with van der Waals surface area (Å²) in [6.07, 6.45) is 4.06. The molecule has 5 nitrogen and oxygen atoms in total. The van der Waals surface area contributed by atoms with Gasteiger partial charge in [0.2, 0.25) is 0 Å². The molecule has 1 aromatic heterocycles. The molecule has 1 aliphatic carbocycles. The molecule has 0 bridgehead atoms. The maximum Gasteiger partial charge on any atom is 0.269 e. The van der Waals surface area contributed by atoms with Crippen molar-refractivity contribution in [3.05, 3.63) is 17.5 Å². The summed E-state index contributed by atoms with van der Waals surface area (Å²) in [5.41, 5.74) is 7.44. The minimum absolute atomic E-state index is 0.0369. The van der Waals surface area contributed by atoms with Crippen LogP contribution in [0.2, 0.25) is 0 Å². The molecule has 1 amide bonds. The number of hydrogen-bond donors (Lipinski definition) is 2. The van der Waals surface area contributed by atoms with Crippen LogP contribution in [0.4, 0.5) is 0 Å². The quantitative estimate of drug-likeness (QED) is 0.831. The summed E-state index contributed by atoms with van der Waals surface area (Å²) in [7, 11) is 1.81. The maximum absolute atomic E-state index is 12.0. The number of aromatic nitrogens is 2. The molecule has 3 N–H and O–H groups in total. The van der Waals surface area contributed by atoms with Crippen molar-refractivity contribution in [2.45, 2.75) is 38.6 Å². The van der Waals surface area contributed by atoms with Crippen molar-refractivity contribution >= 4 is 5.91 Å². The molecule has 0 aliphatic heterocycles. The van der Waals surface area contributed by atoms with Crippen molar-refractivity contribution in [3.63, 3.8) is 0 Å². The van der Waals surface area contributed by atoms with Crippen LogP contribution in [0.1, 0.15) is 42.4 Å². The van der Waals surface area contributed by atoms with Gasteiger partial charge < -0.3 is 11.1 Å². The molecule has 0 aromatic carbocycles. The summed E-state index contributed by atoms with van der Waals surface area (Å²) in [5, 5.41) is 7.26. The topological polar surface area (TPSA) is 72.9 Å². The zero-order valence-electron chi connectivity index (χ0n) is 11.1. The highest BCUT2D eigenvalue weighted by Crippen LogP contribution is 2.23. The standard InChI is InChI=1S/C13H22N4O/c1-3-11-7-12(17(2)16-11)13(18)15-8-9-4-5-10(14)6-9/h7,9-10H,3-6,8,14H2,1-2H3,(H,15,18). The van der Waals surface area contributed by atoms with Gasteiger partial charge in [0.1, 0.15) is 5.69 Å². The molecule has 100 valence electrons. The molecular formula is C13H22N4O. The van der Waals surface area contributed by atoms with E-state index in [-0.39, 0.29) is 5.91 Å². The molecule has 0 spiro atoms. The Kier molecular flexibility index (Phi) is 4.01. The molecule has 5 heteroatoms. The van der Waals surface area contributed by atoms with Gasteiger partial charge in [-0.1, -0.05) is 6.92 Å². The molecule has 1 aliphatic rings. The Morgan fingerprint density at radius 2 is 2.39 bits per heavy atom. The van der Waals surface area contributed by atoms with E-state index in [0.717, 1.165) is 37.9 Å². The van der Waals surface area contributed by atoms with Gasteiger partial charge in [-0.15, -0.1) is 0 Å². The third-order valence-corrected chi connectivity index (χ3v) is 3.66. The Labute approximate surface area is 108 Å². The van der Waals surface area contributed by atoms with E-state index in [4.69, 9.17) is 5.73 Å². The fraction of sp³-hybridized carbons (Fsp3) is 0.692. The average molecular weight is 250 g/mol. The smallest absolute Gasteiger partial charge is 0.269 e. The molecule has 2 rings (SSSR count). The van der Waals surface area contributed by atoms with Crippen LogP contribution in [0.3, 0.4) is 0 Å². The fourth-order valence-electron chi connectivity index (χ4n) is 2.54.